The Balaban J connectivity index is 0.000000365. The molecule has 0 unspecified atom stereocenters. The zero-order chi connectivity index (χ0) is 23.4. The predicted octanol–water partition coefficient (Wildman–Crippen LogP) is 4.68. The Kier molecular flexibility index (Phi) is 11.2. The molecule has 3 aromatic rings. The summed E-state index contributed by atoms with van der Waals surface area (Å²) in [5, 5.41) is 11.2. The normalized spacial score (nSPS) is 10.1. The number of amides is 1. The Morgan fingerprint density at radius 3 is 2.32 bits per heavy atom. The van der Waals surface area contributed by atoms with Gasteiger partial charge in [-0.25, -0.2) is 0 Å². The molecular weight excluding hydrogens is 388 g/mol. The van der Waals surface area contributed by atoms with E-state index < -0.39 is 0 Å². The average molecular weight is 427 g/mol. The number of nitrogens with one attached hydrogen (secondary N) is 1. The first-order chi connectivity index (χ1) is 14.8. The van der Waals surface area contributed by atoms with E-state index in [1.807, 2.05) is 54.1 Å². The first-order valence-electron chi connectivity index (χ1n) is 11.0. The van der Waals surface area contributed by atoms with Crippen molar-refractivity contribution in [1.29, 1.82) is 0 Å². The van der Waals surface area contributed by atoms with Crippen molar-refractivity contribution in [3.63, 3.8) is 0 Å². The number of aromatic amines is 1. The molecule has 0 radical (unpaired) electrons. The molecule has 0 bridgehead atoms. The summed E-state index contributed by atoms with van der Waals surface area (Å²) in [5.74, 6) is 0.537. The van der Waals surface area contributed by atoms with E-state index >= 15 is 0 Å². The van der Waals surface area contributed by atoms with Crippen LogP contribution in [0.2, 0.25) is 0 Å². The topological polar surface area (TPSA) is 79.7 Å². The Hall–Kier alpha value is -2.96. The van der Waals surface area contributed by atoms with Crippen LogP contribution in [-0.4, -0.2) is 49.4 Å². The summed E-state index contributed by atoms with van der Waals surface area (Å²) in [6.07, 6.45) is 5.49. The number of carbonyl (C=O) groups is 1. The van der Waals surface area contributed by atoms with Crippen molar-refractivity contribution >= 4 is 6.41 Å². The summed E-state index contributed by atoms with van der Waals surface area (Å²) in [5.41, 5.74) is 6.47. The monoisotopic (exact) mass is 426 g/mol. The number of hydrogen-bond donors (Lipinski definition) is 1. The standard InChI is InChI=1S/C15H20N4O.C7H12N2.C2H6/c1-4-19(11-20)6-5-15-8-13(7-12(2)17-15)14-9-16-18(3)10-14;1-5(2)7-4-6(3)8-9-7;1-2/h7-11H,4-6H2,1-3H3;4-5H,1-3H3,(H,8,9);1-2H3. The van der Waals surface area contributed by atoms with Gasteiger partial charge in [0, 0.05) is 55.4 Å². The Morgan fingerprint density at radius 1 is 1.16 bits per heavy atom. The molecule has 31 heavy (non-hydrogen) atoms. The minimum absolute atomic E-state index is 0.537. The van der Waals surface area contributed by atoms with Crippen LogP contribution in [0.3, 0.4) is 0 Å². The van der Waals surface area contributed by atoms with Crippen LogP contribution >= 0.6 is 0 Å². The molecule has 3 heterocycles. The predicted molar refractivity (Wildman–Crippen MR) is 127 cm³/mol. The highest BCUT2D eigenvalue weighted by Crippen LogP contribution is 2.20. The summed E-state index contributed by atoms with van der Waals surface area (Å²) in [6, 6.07) is 6.20. The lowest BCUT2D eigenvalue weighted by Crippen LogP contribution is -2.24. The second-order valence-corrected chi connectivity index (χ2v) is 7.51. The van der Waals surface area contributed by atoms with E-state index in [9.17, 15) is 4.79 Å². The third kappa shape index (κ3) is 8.74. The molecule has 3 rings (SSSR count). The number of H-pyrrole nitrogens is 1. The van der Waals surface area contributed by atoms with Crippen LogP contribution < -0.4 is 0 Å². The van der Waals surface area contributed by atoms with E-state index in [2.05, 4.69) is 52.3 Å². The highest BCUT2D eigenvalue weighted by atomic mass is 16.1. The number of nitrogens with zero attached hydrogens (tertiary/aromatic N) is 5. The van der Waals surface area contributed by atoms with Crippen LogP contribution in [0.5, 0.6) is 0 Å². The van der Waals surface area contributed by atoms with Crippen LogP contribution in [0.15, 0.2) is 30.6 Å². The van der Waals surface area contributed by atoms with Gasteiger partial charge in [0.15, 0.2) is 0 Å². The number of aryl methyl sites for hydroxylation is 3. The number of carbonyl (C=O) groups excluding carboxylic acids is 1. The van der Waals surface area contributed by atoms with Gasteiger partial charge in [-0.3, -0.25) is 19.6 Å². The fourth-order valence-electron chi connectivity index (χ4n) is 2.88. The third-order valence-corrected chi connectivity index (χ3v) is 4.57. The Morgan fingerprint density at radius 2 is 1.87 bits per heavy atom. The largest absolute Gasteiger partial charge is 0.345 e. The van der Waals surface area contributed by atoms with Gasteiger partial charge in [0.05, 0.1) is 11.9 Å². The Bertz CT molecular complexity index is 912. The number of hydrogen-bond acceptors (Lipinski definition) is 4. The summed E-state index contributed by atoms with van der Waals surface area (Å²) >= 11 is 0. The van der Waals surface area contributed by atoms with Gasteiger partial charge < -0.3 is 4.90 Å². The molecule has 0 aromatic carbocycles. The highest BCUT2D eigenvalue weighted by Gasteiger charge is 2.06. The van der Waals surface area contributed by atoms with Crippen molar-refractivity contribution in [3.05, 3.63) is 53.4 Å². The Labute approximate surface area is 186 Å². The van der Waals surface area contributed by atoms with E-state index in [1.54, 1.807) is 9.58 Å². The number of likely N-dealkylation sites (N-methyl/N-ethyl adjacent to an activating group) is 1. The van der Waals surface area contributed by atoms with E-state index in [-0.39, 0.29) is 0 Å². The summed E-state index contributed by atoms with van der Waals surface area (Å²) < 4.78 is 1.79. The maximum Gasteiger partial charge on any atom is 0.209 e. The second kappa shape index (κ2) is 13.4. The minimum atomic E-state index is 0.537. The van der Waals surface area contributed by atoms with Crippen LogP contribution in [0.1, 0.15) is 63.3 Å². The van der Waals surface area contributed by atoms with Gasteiger partial charge in [-0.15, -0.1) is 0 Å². The SMILES string of the molecule is CC.CCN(C=O)CCc1cc(-c2cnn(C)c2)cc(C)n1.Cc1cc(C(C)C)n[nH]1. The molecule has 170 valence electrons. The molecule has 1 amide bonds. The smallest absolute Gasteiger partial charge is 0.209 e. The fraction of sp³-hybridized carbons (Fsp3) is 0.500. The molecule has 0 saturated carbocycles. The van der Waals surface area contributed by atoms with Gasteiger partial charge >= 0.3 is 0 Å². The number of pyridine rings is 1. The molecule has 1 N–H and O–H groups in total. The molecule has 0 aliphatic heterocycles. The first-order valence-corrected chi connectivity index (χ1v) is 11.0. The van der Waals surface area contributed by atoms with Gasteiger partial charge in [0.2, 0.25) is 6.41 Å². The molecule has 0 saturated heterocycles. The minimum Gasteiger partial charge on any atom is -0.345 e. The lowest BCUT2D eigenvalue weighted by atomic mass is 10.1. The van der Waals surface area contributed by atoms with Crippen LogP contribution in [-0.2, 0) is 18.3 Å². The molecule has 7 nitrogen and oxygen atoms in total. The van der Waals surface area contributed by atoms with Crippen molar-refractivity contribution in [3.8, 4) is 11.1 Å². The maximum absolute atomic E-state index is 10.8. The quantitative estimate of drug-likeness (QED) is 0.556. The lowest BCUT2D eigenvalue weighted by Gasteiger charge is -2.14. The van der Waals surface area contributed by atoms with Crippen molar-refractivity contribution in [2.75, 3.05) is 13.1 Å². The number of rotatable bonds is 7. The van der Waals surface area contributed by atoms with Crippen molar-refractivity contribution in [2.45, 2.75) is 60.8 Å². The molecule has 7 heteroatoms. The van der Waals surface area contributed by atoms with E-state index in [1.165, 1.54) is 0 Å². The maximum atomic E-state index is 10.8. The molecule has 3 aromatic heterocycles. The van der Waals surface area contributed by atoms with Gasteiger partial charge in [-0.2, -0.15) is 10.2 Å². The van der Waals surface area contributed by atoms with Gasteiger partial charge in [0.1, 0.15) is 0 Å². The zero-order valence-corrected chi connectivity index (χ0v) is 20.3. The van der Waals surface area contributed by atoms with Crippen molar-refractivity contribution in [1.82, 2.24) is 29.9 Å². The van der Waals surface area contributed by atoms with Gasteiger partial charge in [-0.1, -0.05) is 27.7 Å². The second-order valence-electron chi connectivity index (χ2n) is 7.51. The molecule has 0 spiro atoms. The first kappa shape index (κ1) is 26.1. The zero-order valence-electron chi connectivity index (χ0n) is 20.3. The van der Waals surface area contributed by atoms with Crippen LogP contribution in [0.25, 0.3) is 11.1 Å². The average Bonchev–Trinajstić information content (AvgIpc) is 3.39. The van der Waals surface area contributed by atoms with Crippen molar-refractivity contribution in [2.24, 2.45) is 7.05 Å². The molecular formula is C24H38N6O. The molecule has 0 aliphatic carbocycles. The third-order valence-electron chi connectivity index (χ3n) is 4.57. The molecule has 0 aliphatic rings. The summed E-state index contributed by atoms with van der Waals surface area (Å²) in [7, 11) is 1.90. The van der Waals surface area contributed by atoms with E-state index in [0.29, 0.717) is 12.5 Å². The van der Waals surface area contributed by atoms with E-state index in [4.69, 9.17) is 0 Å². The van der Waals surface area contributed by atoms with Crippen molar-refractivity contribution < 1.29 is 4.79 Å². The van der Waals surface area contributed by atoms with Crippen LogP contribution in [0.4, 0.5) is 0 Å². The molecule has 0 atom stereocenters. The highest BCUT2D eigenvalue weighted by molar-refractivity contribution is 5.62. The fourth-order valence-corrected chi connectivity index (χ4v) is 2.88. The van der Waals surface area contributed by atoms with Gasteiger partial charge in [-0.05, 0) is 50.5 Å². The molecule has 0 fully saturated rings. The summed E-state index contributed by atoms with van der Waals surface area (Å²) in [4.78, 5) is 17.1. The van der Waals surface area contributed by atoms with Crippen LogP contribution in [0, 0.1) is 13.8 Å². The lowest BCUT2D eigenvalue weighted by molar-refractivity contribution is -0.117. The summed E-state index contributed by atoms with van der Waals surface area (Å²) in [6.45, 7) is 15.7. The number of aromatic nitrogens is 5. The van der Waals surface area contributed by atoms with E-state index in [0.717, 1.165) is 53.3 Å². The van der Waals surface area contributed by atoms with Gasteiger partial charge in [0.25, 0.3) is 0 Å².